The van der Waals surface area contributed by atoms with Gasteiger partial charge in [-0.2, -0.15) is 4.99 Å². The molecule has 0 bridgehead atoms. The maximum absolute atomic E-state index is 11.8. The van der Waals surface area contributed by atoms with Gasteiger partial charge in [0.15, 0.2) is 0 Å². The Kier molecular flexibility index (Phi) is 18.2. The number of hydrogen-bond donors (Lipinski definition) is 0. The average molecular weight is 367 g/mol. The van der Waals surface area contributed by atoms with Crippen molar-refractivity contribution >= 4 is 18.1 Å². The number of unbranched alkanes of at least 4 members (excludes halogenated alkanes) is 10. The lowest BCUT2D eigenvalue weighted by Crippen LogP contribution is -2.16. The van der Waals surface area contributed by atoms with Crippen molar-refractivity contribution in [2.45, 2.75) is 103 Å². The first kappa shape index (κ1) is 24.2. The van der Waals surface area contributed by atoms with E-state index in [2.05, 4.69) is 16.9 Å². The maximum Gasteiger partial charge on any atom is 0.307 e. The van der Waals surface area contributed by atoms with E-state index in [0.717, 1.165) is 38.5 Å². The second kappa shape index (κ2) is 19.6. The van der Waals surface area contributed by atoms with Gasteiger partial charge in [-0.25, -0.2) is 14.6 Å². The van der Waals surface area contributed by atoms with Crippen LogP contribution in [0.3, 0.4) is 0 Å². The molecule has 6 nitrogen and oxygen atoms in total. The molecular weight excluding hydrogens is 332 g/mol. The lowest BCUT2D eigenvalue weighted by atomic mass is 10.1. The van der Waals surface area contributed by atoms with Crippen molar-refractivity contribution < 1.29 is 19.1 Å². The van der Waals surface area contributed by atoms with Crippen LogP contribution < -0.4 is 0 Å². The minimum atomic E-state index is -0.742. The SMILES string of the molecule is CCCCCCCCCCCC(=O)OC(CCCCCN=C=O)N=C=O. The predicted molar refractivity (Wildman–Crippen MR) is 101 cm³/mol. The molecule has 0 aliphatic heterocycles. The highest BCUT2D eigenvalue weighted by molar-refractivity contribution is 5.69. The van der Waals surface area contributed by atoms with Gasteiger partial charge < -0.3 is 4.74 Å². The molecule has 0 aliphatic rings. The first-order valence-electron chi connectivity index (χ1n) is 10.0. The van der Waals surface area contributed by atoms with Crippen molar-refractivity contribution in [2.75, 3.05) is 6.54 Å². The van der Waals surface area contributed by atoms with Crippen LogP contribution in [0.4, 0.5) is 0 Å². The quantitative estimate of drug-likeness (QED) is 0.148. The predicted octanol–water partition coefficient (Wildman–Crippen LogP) is 5.01. The molecule has 0 rings (SSSR count). The van der Waals surface area contributed by atoms with Crippen molar-refractivity contribution in [1.82, 2.24) is 0 Å². The molecule has 0 fully saturated rings. The molecule has 0 aromatic heterocycles. The Hall–Kier alpha value is -1.77. The van der Waals surface area contributed by atoms with Crippen LogP contribution in [-0.2, 0) is 19.1 Å². The second-order valence-corrected chi connectivity index (χ2v) is 6.57. The van der Waals surface area contributed by atoms with Gasteiger partial charge >= 0.3 is 5.97 Å². The summed E-state index contributed by atoms with van der Waals surface area (Å²) < 4.78 is 5.24. The number of nitrogens with zero attached hydrogens (tertiary/aromatic N) is 2. The molecule has 0 heterocycles. The molecule has 148 valence electrons. The molecular formula is C20H34N2O4. The van der Waals surface area contributed by atoms with E-state index in [-0.39, 0.29) is 5.97 Å². The van der Waals surface area contributed by atoms with E-state index >= 15 is 0 Å². The van der Waals surface area contributed by atoms with E-state index in [1.54, 1.807) is 0 Å². The van der Waals surface area contributed by atoms with E-state index in [0.29, 0.717) is 19.4 Å². The molecule has 0 aromatic rings. The second-order valence-electron chi connectivity index (χ2n) is 6.57. The third-order valence-electron chi connectivity index (χ3n) is 4.23. The van der Waals surface area contributed by atoms with Gasteiger partial charge in [0.05, 0.1) is 6.54 Å². The van der Waals surface area contributed by atoms with Crippen molar-refractivity contribution in [3.8, 4) is 0 Å². The lowest BCUT2D eigenvalue weighted by Gasteiger charge is -2.12. The molecule has 0 radical (unpaired) electrons. The minimum absolute atomic E-state index is 0.303. The number of rotatable bonds is 18. The largest absolute Gasteiger partial charge is 0.439 e. The molecule has 1 unspecified atom stereocenters. The van der Waals surface area contributed by atoms with Gasteiger partial charge in [0, 0.05) is 12.8 Å². The van der Waals surface area contributed by atoms with Gasteiger partial charge in [0.1, 0.15) is 0 Å². The molecule has 0 saturated heterocycles. The van der Waals surface area contributed by atoms with Crippen molar-refractivity contribution in [3.63, 3.8) is 0 Å². The molecule has 1 atom stereocenters. The number of ether oxygens (including phenoxy) is 1. The van der Waals surface area contributed by atoms with Crippen LogP contribution in [0.15, 0.2) is 9.98 Å². The van der Waals surface area contributed by atoms with E-state index in [4.69, 9.17) is 4.74 Å². The topological polar surface area (TPSA) is 85.2 Å². The van der Waals surface area contributed by atoms with Crippen LogP contribution in [0.5, 0.6) is 0 Å². The Bertz CT molecular complexity index is 441. The first-order chi connectivity index (χ1) is 12.7. The van der Waals surface area contributed by atoms with Gasteiger partial charge in [0.2, 0.25) is 18.4 Å². The zero-order valence-corrected chi connectivity index (χ0v) is 16.2. The summed E-state index contributed by atoms with van der Waals surface area (Å²) in [7, 11) is 0. The summed E-state index contributed by atoms with van der Waals surface area (Å²) in [6, 6.07) is 0. The highest BCUT2D eigenvalue weighted by atomic mass is 16.6. The monoisotopic (exact) mass is 366 g/mol. The fourth-order valence-electron chi connectivity index (χ4n) is 2.73. The molecule has 0 saturated carbocycles. The smallest absolute Gasteiger partial charge is 0.307 e. The summed E-state index contributed by atoms with van der Waals surface area (Å²) in [5.41, 5.74) is 0. The highest BCUT2D eigenvalue weighted by Crippen LogP contribution is 2.13. The van der Waals surface area contributed by atoms with Gasteiger partial charge in [-0.05, 0) is 19.3 Å². The number of carbonyl (C=O) groups is 1. The number of esters is 1. The van der Waals surface area contributed by atoms with Crippen LogP contribution in [0.25, 0.3) is 0 Å². The Morgan fingerprint density at radius 1 is 0.846 bits per heavy atom. The van der Waals surface area contributed by atoms with Crippen LogP contribution in [0.1, 0.15) is 96.8 Å². The Morgan fingerprint density at radius 3 is 2.08 bits per heavy atom. The molecule has 0 spiro atoms. The number of aliphatic imine (C=N–C) groups is 2. The molecule has 26 heavy (non-hydrogen) atoms. The number of isocyanates is 2. The van der Waals surface area contributed by atoms with Crippen LogP contribution in [-0.4, -0.2) is 30.9 Å². The van der Waals surface area contributed by atoms with E-state index < -0.39 is 6.23 Å². The average Bonchev–Trinajstić information content (AvgIpc) is 2.63. The third-order valence-corrected chi connectivity index (χ3v) is 4.23. The van der Waals surface area contributed by atoms with Crippen LogP contribution in [0.2, 0.25) is 0 Å². The minimum Gasteiger partial charge on any atom is -0.439 e. The summed E-state index contributed by atoms with van der Waals surface area (Å²) in [6.07, 6.45) is 16.1. The van der Waals surface area contributed by atoms with Crippen molar-refractivity contribution in [3.05, 3.63) is 0 Å². The summed E-state index contributed by atoms with van der Waals surface area (Å²) in [5, 5.41) is 0. The van der Waals surface area contributed by atoms with Crippen molar-refractivity contribution in [2.24, 2.45) is 9.98 Å². The lowest BCUT2D eigenvalue weighted by molar-refractivity contribution is -0.149. The standard InChI is InChI=1S/C20H34N2O4/c1-2-3-4-5-6-7-8-9-12-15-20(25)26-19(22-18-24)14-11-10-13-16-21-17-23/h19H,2-16H2,1H3. The molecule has 0 N–H and O–H groups in total. The first-order valence-corrected chi connectivity index (χ1v) is 10.0. The third kappa shape index (κ3) is 17.1. The summed E-state index contributed by atoms with van der Waals surface area (Å²) in [5.74, 6) is -0.303. The summed E-state index contributed by atoms with van der Waals surface area (Å²) in [4.78, 5) is 39.3. The van der Waals surface area contributed by atoms with Gasteiger partial charge in [-0.1, -0.05) is 64.7 Å². The van der Waals surface area contributed by atoms with E-state index in [9.17, 15) is 14.4 Å². The van der Waals surface area contributed by atoms with Gasteiger partial charge in [0.25, 0.3) is 0 Å². The van der Waals surface area contributed by atoms with Gasteiger partial charge in [-0.15, -0.1) is 0 Å². The Labute approximate surface area is 157 Å². The Balaban J connectivity index is 3.71. The number of carbonyl (C=O) groups excluding carboxylic acids is 3. The molecule has 0 aromatic carbocycles. The fraction of sp³-hybridized carbons (Fsp3) is 0.850. The molecule has 0 aliphatic carbocycles. The molecule has 6 heteroatoms. The summed E-state index contributed by atoms with van der Waals surface area (Å²) in [6.45, 7) is 2.67. The zero-order valence-electron chi connectivity index (χ0n) is 16.2. The van der Waals surface area contributed by atoms with Crippen LogP contribution >= 0.6 is 0 Å². The molecule has 0 amide bonds. The zero-order chi connectivity index (χ0) is 19.3. The highest BCUT2D eigenvalue weighted by Gasteiger charge is 2.12. The van der Waals surface area contributed by atoms with E-state index in [1.165, 1.54) is 50.7 Å². The van der Waals surface area contributed by atoms with E-state index in [1.807, 2.05) is 0 Å². The fourth-order valence-corrected chi connectivity index (χ4v) is 2.73. The maximum atomic E-state index is 11.8. The summed E-state index contributed by atoms with van der Waals surface area (Å²) >= 11 is 0. The normalized spacial score (nSPS) is 11.3. The Morgan fingerprint density at radius 2 is 1.46 bits per heavy atom. The van der Waals surface area contributed by atoms with Gasteiger partial charge in [-0.3, -0.25) is 4.79 Å². The number of hydrogen-bond acceptors (Lipinski definition) is 6. The van der Waals surface area contributed by atoms with Crippen molar-refractivity contribution in [1.29, 1.82) is 0 Å². The van der Waals surface area contributed by atoms with Crippen LogP contribution in [0, 0.1) is 0 Å².